The zero-order valence-electron chi connectivity index (χ0n) is 6.32. The molecule has 1 aromatic heterocycles. The molecular formula is C8H4ClNO2S. The Morgan fingerprint density at radius 2 is 2.31 bits per heavy atom. The maximum absolute atomic E-state index is 10.7. The number of carbonyl (C=O) groups is 1. The molecule has 2 aromatic rings. The van der Waals surface area contributed by atoms with Crippen molar-refractivity contribution in [3.05, 3.63) is 24.1 Å². The maximum Gasteiger partial charge on any atom is 0.307 e. The Labute approximate surface area is 84.1 Å². The van der Waals surface area contributed by atoms with E-state index in [9.17, 15) is 4.79 Å². The van der Waals surface area contributed by atoms with Crippen LogP contribution < -0.4 is 0 Å². The largest absolute Gasteiger partial charge is 0.433 e. The summed E-state index contributed by atoms with van der Waals surface area (Å²) in [5.74, 6) is -0.0989. The Morgan fingerprint density at radius 1 is 1.54 bits per heavy atom. The first-order valence-corrected chi connectivity index (χ1v) is 4.29. The molecule has 13 heavy (non-hydrogen) atoms. The van der Waals surface area contributed by atoms with E-state index in [2.05, 4.69) is 17.6 Å². The Balaban J connectivity index is 2.75. The summed E-state index contributed by atoms with van der Waals surface area (Å²) in [5.41, 5.74) is 1.06. The third-order valence-corrected chi connectivity index (χ3v) is 2.09. The lowest BCUT2D eigenvalue weighted by molar-refractivity contribution is 0.105. The average molecular weight is 214 g/mol. The molecular weight excluding hydrogens is 210 g/mol. The van der Waals surface area contributed by atoms with Gasteiger partial charge in [-0.2, -0.15) is 0 Å². The fourth-order valence-electron chi connectivity index (χ4n) is 1.02. The zero-order chi connectivity index (χ0) is 9.42. The molecule has 0 radical (unpaired) electrons. The van der Waals surface area contributed by atoms with E-state index >= 15 is 0 Å². The molecule has 0 fully saturated rings. The standard InChI is InChI=1S/C8H4ClNO2S/c9-7(11)8-10-6-4(12-8)2-1-3-5(6)13/h1-3,13H. The smallest absolute Gasteiger partial charge is 0.307 e. The van der Waals surface area contributed by atoms with Crippen LogP contribution in [0.25, 0.3) is 11.1 Å². The van der Waals surface area contributed by atoms with Crippen LogP contribution in [0.15, 0.2) is 27.5 Å². The number of aromatic nitrogens is 1. The number of halogens is 1. The number of hydrogen-bond acceptors (Lipinski definition) is 4. The normalized spacial score (nSPS) is 10.6. The minimum absolute atomic E-state index is 0.0989. The van der Waals surface area contributed by atoms with Crippen molar-refractivity contribution in [2.24, 2.45) is 0 Å². The van der Waals surface area contributed by atoms with Gasteiger partial charge in [0.25, 0.3) is 5.89 Å². The number of oxazole rings is 1. The van der Waals surface area contributed by atoms with Gasteiger partial charge in [0, 0.05) is 4.90 Å². The predicted molar refractivity (Wildman–Crippen MR) is 51.4 cm³/mol. The van der Waals surface area contributed by atoms with Gasteiger partial charge in [0.05, 0.1) is 0 Å². The van der Waals surface area contributed by atoms with Gasteiger partial charge in [-0.3, -0.25) is 4.79 Å². The lowest BCUT2D eigenvalue weighted by Gasteiger charge is -1.87. The van der Waals surface area contributed by atoms with Crippen molar-refractivity contribution in [2.45, 2.75) is 4.90 Å². The summed E-state index contributed by atoms with van der Waals surface area (Å²) in [6.07, 6.45) is 0. The number of para-hydroxylation sites is 1. The molecule has 0 saturated carbocycles. The van der Waals surface area contributed by atoms with Gasteiger partial charge in [-0.25, -0.2) is 4.98 Å². The van der Waals surface area contributed by atoms with Crippen molar-refractivity contribution < 1.29 is 9.21 Å². The molecule has 0 aliphatic carbocycles. The lowest BCUT2D eigenvalue weighted by Crippen LogP contribution is -1.86. The van der Waals surface area contributed by atoms with Crippen LogP contribution in [0.1, 0.15) is 10.7 Å². The molecule has 1 aromatic carbocycles. The van der Waals surface area contributed by atoms with Crippen molar-refractivity contribution in [1.29, 1.82) is 0 Å². The van der Waals surface area contributed by atoms with E-state index in [1.807, 2.05) is 0 Å². The number of nitrogens with zero attached hydrogens (tertiary/aromatic N) is 1. The number of benzene rings is 1. The minimum Gasteiger partial charge on any atom is -0.433 e. The van der Waals surface area contributed by atoms with Crippen molar-refractivity contribution in [3.63, 3.8) is 0 Å². The topological polar surface area (TPSA) is 43.1 Å². The summed E-state index contributed by atoms with van der Waals surface area (Å²) in [6.45, 7) is 0. The monoisotopic (exact) mass is 213 g/mol. The Hall–Kier alpha value is -1.00. The number of hydrogen-bond donors (Lipinski definition) is 1. The molecule has 0 aliphatic heterocycles. The number of thiol groups is 1. The van der Waals surface area contributed by atoms with Gasteiger partial charge in [-0.05, 0) is 23.7 Å². The zero-order valence-corrected chi connectivity index (χ0v) is 7.97. The van der Waals surface area contributed by atoms with Gasteiger partial charge < -0.3 is 4.42 Å². The molecule has 0 saturated heterocycles. The fourth-order valence-corrected chi connectivity index (χ4v) is 1.35. The summed E-state index contributed by atoms with van der Waals surface area (Å²) < 4.78 is 5.07. The minimum atomic E-state index is -0.705. The second-order valence-electron chi connectivity index (χ2n) is 2.42. The lowest BCUT2D eigenvalue weighted by atomic mass is 10.3. The van der Waals surface area contributed by atoms with Crippen molar-refractivity contribution in [2.75, 3.05) is 0 Å². The highest BCUT2D eigenvalue weighted by molar-refractivity contribution is 7.80. The highest BCUT2D eigenvalue weighted by Crippen LogP contribution is 2.22. The van der Waals surface area contributed by atoms with Crippen LogP contribution in [-0.2, 0) is 0 Å². The third kappa shape index (κ3) is 1.43. The molecule has 0 bridgehead atoms. The Bertz CT molecular complexity index is 480. The second-order valence-corrected chi connectivity index (χ2v) is 3.24. The summed E-state index contributed by atoms with van der Waals surface area (Å²) in [7, 11) is 0. The van der Waals surface area contributed by atoms with E-state index in [0.29, 0.717) is 16.0 Å². The quantitative estimate of drug-likeness (QED) is 0.585. The van der Waals surface area contributed by atoms with Crippen molar-refractivity contribution in [1.82, 2.24) is 4.98 Å². The molecule has 0 atom stereocenters. The maximum atomic E-state index is 10.7. The van der Waals surface area contributed by atoms with Crippen LogP contribution in [0.2, 0.25) is 0 Å². The molecule has 3 nitrogen and oxygen atoms in total. The number of carbonyl (C=O) groups excluding carboxylic acids is 1. The summed E-state index contributed by atoms with van der Waals surface area (Å²) in [5, 5.41) is -0.705. The molecule has 0 spiro atoms. The number of fused-ring (bicyclic) bond motifs is 1. The first kappa shape index (κ1) is 8.59. The fraction of sp³-hybridized carbons (Fsp3) is 0. The van der Waals surface area contributed by atoms with Gasteiger partial charge in [-0.1, -0.05) is 6.07 Å². The van der Waals surface area contributed by atoms with Crippen LogP contribution in [0.5, 0.6) is 0 Å². The van der Waals surface area contributed by atoms with E-state index < -0.39 is 5.24 Å². The van der Waals surface area contributed by atoms with Crippen LogP contribution in [0.4, 0.5) is 0 Å². The summed E-state index contributed by atoms with van der Waals surface area (Å²) in [4.78, 5) is 15.3. The predicted octanol–water partition coefficient (Wildman–Crippen LogP) is 2.50. The van der Waals surface area contributed by atoms with Gasteiger partial charge >= 0.3 is 5.24 Å². The molecule has 0 amide bonds. The van der Waals surface area contributed by atoms with E-state index in [4.69, 9.17) is 16.0 Å². The summed E-state index contributed by atoms with van der Waals surface area (Å²) in [6, 6.07) is 5.22. The van der Waals surface area contributed by atoms with E-state index in [0.717, 1.165) is 0 Å². The van der Waals surface area contributed by atoms with E-state index in [-0.39, 0.29) is 5.89 Å². The summed E-state index contributed by atoms with van der Waals surface area (Å²) >= 11 is 9.36. The molecule has 0 unspecified atom stereocenters. The SMILES string of the molecule is O=C(Cl)c1nc2c(S)cccc2o1. The van der Waals surface area contributed by atoms with Gasteiger partial charge in [0.1, 0.15) is 5.52 Å². The average Bonchev–Trinajstić information content (AvgIpc) is 2.49. The third-order valence-electron chi connectivity index (χ3n) is 1.57. The first-order chi connectivity index (χ1) is 6.18. The molecule has 0 N–H and O–H groups in total. The van der Waals surface area contributed by atoms with Crippen LogP contribution in [0, 0.1) is 0 Å². The van der Waals surface area contributed by atoms with Crippen LogP contribution in [-0.4, -0.2) is 10.2 Å². The van der Waals surface area contributed by atoms with Crippen LogP contribution in [0.3, 0.4) is 0 Å². The van der Waals surface area contributed by atoms with Crippen molar-refractivity contribution in [3.8, 4) is 0 Å². The second kappa shape index (κ2) is 3.05. The Kier molecular flexibility index (Phi) is 2.01. The molecule has 5 heteroatoms. The molecule has 0 aliphatic rings. The molecule has 66 valence electrons. The van der Waals surface area contributed by atoms with Gasteiger partial charge in [0.2, 0.25) is 0 Å². The highest BCUT2D eigenvalue weighted by Gasteiger charge is 2.12. The van der Waals surface area contributed by atoms with E-state index in [1.54, 1.807) is 18.2 Å². The molecule has 1 heterocycles. The Morgan fingerprint density at radius 3 is 2.92 bits per heavy atom. The van der Waals surface area contributed by atoms with E-state index in [1.165, 1.54) is 0 Å². The van der Waals surface area contributed by atoms with Crippen molar-refractivity contribution >= 4 is 40.6 Å². The highest BCUT2D eigenvalue weighted by atomic mass is 35.5. The molecule has 2 rings (SSSR count). The van der Waals surface area contributed by atoms with Crippen LogP contribution >= 0.6 is 24.2 Å². The first-order valence-electron chi connectivity index (χ1n) is 3.47. The van der Waals surface area contributed by atoms with Gasteiger partial charge in [0.15, 0.2) is 5.58 Å². The van der Waals surface area contributed by atoms with Gasteiger partial charge in [-0.15, -0.1) is 12.6 Å². The number of rotatable bonds is 1.